The highest BCUT2D eigenvalue weighted by Gasteiger charge is 2.32. The van der Waals surface area contributed by atoms with E-state index in [0.29, 0.717) is 29.1 Å². The fraction of sp³-hybridized carbons (Fsp3) is 0.160. The number of nitrogens with one attached hydrogen (secondary N) is 1. The van der Waals surface area contributed by atoms with Crippen molar-refractivity contribution >= 4 is 35.0 Å². The van der Waals surface area contributed by atoms with Crippen LogP contribution in [0, 0.1) is 0 Å². The van der Waals surface area contributed by atoms with Crippen molar-refractivity contribution in [2.24, 2.45) is 0 Å². The van der Waals surface area contributed by atoms with E-state index in [0.717, 1.165) is 16.9 Å². The molecule has 0 atom stereocenters. The summed E-state index contributed by atoms with van der Waals surface area (Å²) in [5.74, 6) is 0.897. The highest BCUT2D eigenvalue weighted by molar-refractivity contribution is 7.80. The number of carbonyl (C=O) groups is 1. The van der Waals surface area contributed by atoms with E-state index < -0.39 is 0 Å². The first-order valence-electron chi connectivity index (χ1n) is 10.1. The molecule has 1 N–H and O–H groups in total. The van der Waals surface area contributed by atoms with Crippen molar-refractivity contribution in [2.45, 2.75) is 26.4 Å². The van der Waals surface area contributed by atoms with Gasteiger partial charge in [0, 0.05) is 11.8 Å². The van der Waals surface area contributed by atoms with Gasteiger partial charge < -0.3 is 10.1 Å². The molecule has 0 radical (unpaired) electrons. The van der Waals surface area contributed by atoms with Gasteiger partial charge in [-0.1, -0.05) is 50.2 Å². The van der Waals surface area contributed by atoms with Crippen LogP contribution in [0.25, 0.3) is 6.08 Å². The summed E-state index contributed by atoms with van der Waals surface area (Å²) in [6.45, 7) is 4.61. The van der Waals surface area contributed by atoms with Gasteiger partial charge in [-0.3, -0.25) is 14.7 Å². The van der Waals surface area contributed by atoms with E-state index in [1.54, 1.807) is 12.3 Å². The third-order valence-electron chi connectivity index (χ3n) is 5.02. The second-order valence-corrected chi connectivity index (χ2v) is 7.91. The number of amides is 1. The molecule has 3 aromatic rings. The van der Waals surface area contributed by atoms with Crippen molar-refractivity contribution in [1.29, 1.82) is 0 Å². The number of para-hydroxylation sites is 1. The lowest BCUT2D eigenvalue weighted by molar-refractivity contribution is -0.113. The SMILES string of the molecule is CC(C)c1ccc(N2C(=O)C(=Cc3ccccc3OCc3ccccn3)NC2=S)cc1. The van der Waals surface area contributed by atoms with Gasteiger partial charge in [0.15, 0.2) is 5.11 Å². The molecule has 6 heteroatoms. The van der Waals surface area contributed by atoms with Crippen molar-refractivity contribution in [2.75, 3.05) is 4.90 Å². The number of anilines is 1. The Kier molecular flexibility index (Phi) is 6.09. The Bertz CT molecular complexity index is 1130. The summed E-state index contributed by atoms with van der Waals surface area (Å²) >= 11 is 5.44. The molecule has 4 rings (SSSR count). The van der Waals surface area contributed by atoms with Gasteiger partial charge in [0.2, 0.25) is 0 Å². The van der Waals surface area contributed by atoms with Crippen LogP contribution in [0.15, 0.2) is 78.6 Å². The summed E-state index contributed by atoms with van der Waals surface area (Å²) in [6.07, 6.45) is 3.50. The molecule has 1 fully saturated rings. The zero-order valence-corrected chi connectivity index (χ0v) is 18.2. The average Bonchev–Trinajstić information content (AvgIpc) is 3.06. The topological polar surface area (TPSA) is 54.5 Å². The minimum absolute atomic E-state index is 0.193. The fourth-order valence-corrected chi connectivity index (χ4v) is 3.60. The van der Waals surface area contributed by atoms with Gasteiger partial charge in [0.05, 0.1) is 11.4 Å². The molecule has 1 aromatic heterocycles. The molecule has 1 saturated heterocycles. The van der Waals surface area contributed by atoms with Crippen LogP contribution in [-0.2, 0) is 11.4 Å². The first-order chi connectivity index (χ1) is 15.0. The molecule has 0 unspecified atom stereocenters. The molecule has 2 aromatic carbocycles. The Hall–Kier alpha value is -3.51. The molecule has 1 aliphatic heterocycles. The predicted octanol–water partition coefficient (Wildman–Crippen LogP) is 5.05. The van der Waals surface area contributed by atoms with Crippen LogP contribution >= 0.6 is 12.2 Å². The van der Waals surface area contributed by atoms with Gasteiger partial charge >= 0.3 is 0 Å². The summed E-state index contributed by atoms with van der Waals surface area (Å²) in [5, 5.41) is 3.40. The molecule has 0 spiro atoms. The average molecular weight is 430 g/mol. The number of pyridine rings is 1. The molecule has 0 bridgehead atoms. The lowest BCUT2D eigenvalue weighted by atomic mass is 10.0. The second-order valence-electron chi connectivity index (χ2n) is 7.52. The number of ether oxygens (including phenoxy) is 1. The normalized spacial score (nSPS) is 14.9. The Morgan fingerprint density at radius 3 is 2.52 bits per heavy atom. The first-order valence-corrected chi connectivity index (χ1v) is 10.5. The molecule has 156 valence electrons. The number of nitrogens with zero attached hydrogens (tertiary/aromatic N) is 2. The summed E-state index contributed by atoms with van der Waals surface area (Å²) in [6, 6.07) is 21.2. The fourth-order valence-electron chi connectivity index (χ4n) is 3.30. The lowest BCUT2D eigenvalue weighted by Gasteiger charge is -2.15. The van der Waals surface area contributed by atoms with Crippen LogP contribution in [0.4, 0.5) is 5.69 Å². The van der Waals surface area contributed by atoms with Crippen molar-refractivity contribution in [3.05, 3.63) is 95.4 Å². The van der Waals surface area contributed by atoms with Crippen molar-refractivity contribution in [1.82, 2.24) is 10.3 Å². The van der Waals surface area contributed by atoms with E-state index in [9.17, 15) is 4.79 Å². The molecule has 5 nitrogen and oxygen atoms in total. The number of hydrogen-bond acceptors (Lipinski definition) is 4. The van der Waals surface area contributed by atoms with E-state index in [1.165, 1.54) is 10.5 Å². The highest BCUT2D eigenvalue weighted by Crippen LogP contribution is 2.27. The molecule has 2 heterocycles. The maximum atomic E-state index is 13.1. The Balaban J connectivity index is 1.55. The number of hydrogen-bond donors (Lipinski definition) is 1. The number of carbonyl (C=O) groups excluding carboxylic acids is 1. The molecule has 1 amide bonds. The molecular weight excluding hydrogens is 406 g/mol. The minimum Gasteiger partial charge on any atom is -0.487 e. The van der Waals surface area contributed by atoms with Gasteiger partial charge in [0.25, 0.3) is 5.91 Å². The summed E-state index contributed by atoms with van der Waals surface area (Å²) in [5.41, 5.74) is 3.98. The monoisotopic (exact) mass is 429 g/mol. The number of thiocarbonyl (C=S) groups is 1. The second kappa shape index (κ2) is 9.10. The van der Waals surface area contributed by atoms with Crippen molar-refractivity contribution < 1.29 is 9.53 Å². The smallest absolute Gasteiger partial charge is 0.281 e. The summed E-state index contributed by atoms with van der Waals surface area (Å²) < 4.78 is 5.95. The number of aromatic nitrogens is 1. The van der Waals surface area contributed by atoms with Crippen molar-refractivity contribution in [3.63, 3.8) is 0 Å². The van der Waals surface area contributed by atoms with Gasteiger partial charge in [-0.15, -0.1) is 0 Å². The van der Waals surface area contributed by atoms with E-state index >= 15 is 0 Å². The van der Waals surface area contributed by atoms with Crippen LogP contribution < -0.4 is 15.0 Å². The van der Waals surface area contributed by atoms with Crippen LogP contribution in [0.5, 0.6) is 5.75 Å². The maximum Gasteiger partial charge on any atom is 0.281 e. The summed E-state index contributed by atoms with van der Waals surface area (Å²) in [7, 11) is 0. The highest BCUT2D eigenvalue weighted by atomic mass is 32.1. The van der Waals surface area contributed by atoms with Crippen LogP contribution in [0.1, 0.15) is 36.6 Å². The first kappa shape index (κ1) is 20.8. The molecule has 31 heavy (non-hydrogen) atoms. The van der Waals surface area contributed by atoms with Crippen LogP contribution in [-0.4, -0.2) is 16.0 Å². The predicted molar refractivity (Wildman–Crippen MR) is 127 cm³/mol. The van der Waals surface area contributed by atoms with Gasteiger partial charge in [-0.25, -0.2) is 0 Å². The maximum absolute atomic E-state index is 13.1. The minimum atomic E-state index is -0.193. The van der Waals surface area contributed by atoms with E-state index in [1.807, 2.05) is 66.7 Å². The Morgan fingerprint density at radius 1 is 1.06 bits per heavy atom. The van der Waals surface area contributed by atoms with E-state index in [4.69, 9.17) is 17.0 Å². The molecule has 1 aliphatic rings. The van der Waals surface area contributed by atoms with E-state index in [2.05, 4.69) is 24.1 Å². The molecule has 0 saturated carbocycles. The molecular formula is C25H23N3O2S. The van der Waals surface area contributed by atoms with E-state index in [-0.39, 0.29) is 5.91 Å². The molecule has 0 aliphatic carbocycles. The third kappa shape index (κ3) is 4.64. The van der Waals surface area contributed by atoms with Crippen molar-refractivity contribution in [3.8, 4) is 5.75 Å². The zero-order chi connectivity index (χ0) is 21.8. The number of rotatable bonds is 6. The van der Waals surface area contributed by atoms with Gasteiger partial charge in [-0.2, -0.15) is 0 Å². The quantitative estimate of drug-likeness (QED) is 0.439. The zero-order valence-electron chi connectivity index (χ0n) is 17.4. The summed E-state index contributed by atoms with van der Waals surface area (Å²) in [4.78, 5) is 18.9. The lowest BCUT2D eigenvalue weighted by Crippen LogP contribution is -2.30. The third-order valence-corrected chi connectivity index (χ3v) is 5.30. The Morgan fingerprint density at radius 2 is 1.81 bits per heavy atom. The number of benzene rings is 2. The van der Waals surface area contributed by atoms with Crippen LogP contribution in [0.2, 0.25) is 0 Å². The van der Waals surface area contributed by atoms with Gasteiger partial charge in [0.1, 0.15) is 18.1 Å². The standard InChI is InChI=1S/C25H23N3O2S/c1-17(2)18-10-12-21(13-11-18)28-24(29)22(27-25(28)31)15-19-7-3-4-9-23(19)30-16-20-8-5-6-14-26-20/h3-15,17H,16H2,1-2H3,(H,27,31). The van der Waals surface area contributed by atoms with Crippen LogP contribution in [0.3, 0.4) is 0 Å². The Labute approximate surface area is 187 Å². The van der Waals surface area contributed by atoms with Gasteiger partial charge in [-0.05, 0) is 60.1 Å². The largest absolute Gasteiger partial charge is 0.487 e.